The third-order valence-corrected chi connectivity index (χ3v) is 3.90. The van der Waals surface area contributed by atoms with Crippen molar-refractivity contribution in [2.75, 3.05) is 13.8 Å². The lowest BCUT2D eigenvalue weighted by Crippen LogP contribution is -2.18. The number of aromatic hydroxyl groups is 1. The van der Waals surface area contributed by atoms with Gasteiger partial charge in [0.2, 0.25) is 0 Å². The highest BCUT2D eigenvalue weighted by Crippen LogP contribution is 2.39. The van der Waals surface area contributed by atoms with Crippen molar-refractivity contribution < 1.29 is 27.8 Å². The Labute approximate surface area is 148 Å². The molecule has 138 valence electrons. The number of hydrogen-bond donors (Lipinski definition) is 2. The smallest absolute Gasteiger partial charge is 0.416 e. The Morgan fingerprint density at radius 2 is 2.04 bits per heavy atom. The number of methoxy groups -OCH3 is 1. The summed E-state index contributed by atoms with van der Waals surface area (Å²) in [6, 6.07) is 10.1. The first kappa shape index (κ1) is 18.2. The summed E-state index contributed by atoms with van der Waals surface area (Å²) in [5.41, 5.74) is 0.264. The number of alkyl halides is 3. The molecule has 2 atom stereocenters. The van der Waals surface area contributed by atoms with Gasteiger partial charge < -0.3 is 14.6 Å². The molecule has 26 heavy (non-hydrogen) atoms. The van der Waals surface area contributed by atoms with E-state index in [1.54, 1.807) is 24.3 Å². The van der Waals surface area contributed by atoms with Gasteiger partial charge in [-0.05, 0) is 29.8 Å². The molecule has 2 unspecified atom stereocenters. The van der Waals surface area contributed by atoms with Crippen molar-refractivity contribution in [1.29, 1.82) is 0 Å². The summed E-state index contributed by atoms with van der Waals surface area (Å²) >= 11 is 0. The first-order chi connectivity index (χ1) is 12.4. The van der Waals surface area contributed by atoms with Gasteiger partial charge >= 0.3 is 6.18 Å². The monoisotopic (exact) mass is 366 g/mol. The maximum Gasteiger partial charge on any atom is 0.416 e. The zero-order chi connectivity index (χ0) is 18.7. The molecule has 2 aromatic rings. The summed E-state index contributed by atoms with van der Waals surface area (Å²) < 4.78 is 48.6. The van der Waals surface area contributed by atoms with Crippen LogP contribution in [0, 0.1) is 0 Å². The van der Waals surface area contributed by atoms with Crippen LogP contribution in [0.15, 0.2) is 47.5 Å². The SMILES string of the molecule is COc1cccc(C=NCNC2OC2c2cccc(C(F)(F)F)c2)c1O. The van der Waals surface area contributed by atoms with E-state index in [4.69, 9.17) is 9.47 Å². The first-order valence-electron chi connectivity index (χ1n) is 7.82. The van der Waals surface area contributed by atoms with Crippen molar-refractivity contribution in [2.45, 2.75) is 18.5 Å². The fraction of sp³-hybridized carbons (Fsp3) is 0.278. The van der Waals surface area contributed by atoms with E-state index in [1.807, 2.05) is 0 Å². The average molecular weight is 366 g/mol. The molecule has 3 rings (SSSR count). The van der Waals surface area contributed by atoms with Crippen LogP contribution in [0.5, 0.6) is 11.5 Å². The summed E-state index contributed by atoms with van der Waals surface area (Å²) in [4.78, 5) is 4.13. The molecule has 0 amide bonds. The Morgan fingerprint density at radius 3 is 2.77 bits per heavy atom. The molecule has 1 fully saturated rings. The standard InChI is InChI=1S/C18H17F3N2O3/c1-25-14-7-3-5-12(15(14)24)9-22-10-23-17-16(26-17)11-4-2-6-13(8-11)18(19,20)21/h2-9,16-17,23-24H,10H2,1H3. The molecule has 0 aromatic heterocycles. The van der Waals surface area contributed by atoms with E-state index in [9.17, 15) is 18.3 Å². The summed E-state index contributed by atoms with van der Waals surface area (Å²) in [5.74, 6) is 0.334. The van der Waals surface area contributed by atoms with Gasteiger partial charge in [0, 0.05) is 11.8 Å². The van der Waals surface area contributed by atoms with Crippen molar-refractivity contribution in [3.63, 3.8) is 0 Å². The van der Waals surface area contributed by atoms with Crippen molar-refractivity contribution in [3.05, 3.63) is 59.2 Å². The minimum Gasteiger partial charge on any atom is -0.504 e. The second kappa shape index (κ2) is 7.35. The highest BCUT2D eigenvalue weighted by Gasteiger charge is 2.41. The molecule has 1 heterocycles. The maximum absolute atomic E-state index is 12.7. The molecule has 1 saturated heterocycles. The second-order valence-electron chi connectivity index (χ2n) is 5.67. The van der Waals surface area contributed by atoms with Gasteiger partial charge in [-0.25, -0.2) is 0 Å². The molecular formula is C18H17F3N2O3. The van der Waals surface area contributed by atoms with E-state index < -0.39 is 24.1 Å². The third kappa shape index (κ3) is 4.14. The van der Waals surface area contributed by atoms with Gasteiger partial charge in [-0.15, -0.1) is 0 Å². The lowest BCUT2D eigenvalue weighted by Gasteiger charge is -2.07. The van der Waals surface area contributed by atoms with Crippen LogP contribution in [0.25, 0.3) is 0 Å². The predicted octanol–water partition coefficient (Wildman–Crippen LogP) is 3.48. The summed E-state index contributed by atoms with van der Waals surface area (Å²) in [5, 5.41) is 12.9. The Kier molecular flexibility index (Phi) is 5.15. The topological polar surface area (TPSA) is 66.4 Å². The number of nitrogens with zero attached hydrogens (tertiary/aromatic N) is 1. The zero-order valence-corrected chi connectivity index (χ0v) is 13.8. The minimum atomic E-state index is -4.38. The van der Waals surface area contributed by atoms with E-state index in [1.165, 1.54) is 19.4 Å². The van der Waals surface area contributed by atoms with E-state index in [0.717, 1.165) is 12.1 Å². The fourth-order valence-electron chi connectivity index (χ4n) is 2.51. The van der Waals surface area contributed by atoms with Crippen LogP contribution >= 0.6 is 0 Å². The maximum atomic E-state index is 12.7. The summed E-state index contributed by atoms with van der Waals surface area (Å²) in [6.07, 6.45) is -3.73. The van der Waals surface area contributed by atoms with Gasteiger partial charge in [-0.1, -0.05) is 18.2 Å². The molecule has 0 spiro atoms. The summed E-state index contributed by atoms with van der Waals surface area (Å²) in [6.45, 7) is 0.191. The Morgan fingerprint density at radius 1 is 1.27 bits per heavy atom. The molecule has 0 aliphatic carbocycles. The van der Waals surface area contributed by atoms with Gasteiger partial charge in [0.25, 0.3) is 0 Å². The van der Waals surface area contributed by atoms with Crippen LogP contribution in [0.4, 0.5) is 13.2 Å². The van der Waals surface area contributed by atoms with Crippen LogP contribution < -0.4 is 10.1 Å². The quantitative estimate of drug-likeness (QED) is 0.607. The van der Waals surface area contributed by atoms with Crippen molar-refractivity contribution in [1.82, 2.24) is 5.32 Å². The summed E-state index contributed by atoms with van der Waals surface area (Å²) in [7, 11) is 1.45. The highest BCUT2D eigenvalue weighted by atomic mass is 19.4. The molecule has 8 heteroatoms. The molecule has 0 saturated carbocycles. The van der Waals surface area contributed by atoms with Gasteiger partial charge in [-0.2, -0.15) is 13.2 Å². The van der Waals surface area contributed by atoms with Gasteiger partial charge in [-0.3, -0.25) is 10.3 Å². The third-order valence-electron chi connectivity index (χ3n) is 3.90. The number of phenolic OH excluding ortho intramolecular Hbond substituents is 1. The van der Waals surface area contributed by atoms with Crippen molar-refractivity contribution in [3.8, 4) is 11.5 Å². The number of epoxide rings is 1. The Hall–Kier alpha value is -2.58. The number of para-hydroxylation sites is 1. The normalized spacial score (nSPS) is 19.7. The lowest BCUT2D eigenvalue weighted by molar-refractivity contribution is -0.137. The van der Waals surface area contributed by atoms with E-state index in [0.29, 0.717) is 16.9 Å². The zero-order valence-electron chi connectivity index (χ0n) is 13.8. The van der Waals surface area contributed by atoms with E-state index in [2.05, 4.69) is 10.3 Å². The second-order valence-corrected chi connectivity index (χ2v) is 5.67. The molecule has 1 aliphatic heterocycles. The highest BCUT2D eigenvalue weighted by molar-refractivity contribution is 5.84. The molecular weight excluding hydrogens is 349 g/mol. The Bertz CT molecular complexity index is 809. The predicted molar refractivity (Wildman–Crippen MR) is 89.3 cm³/mol. The molecule has 0 bridgehead atoms. The van der Waals surface area contributed by atoms with E-state index >= 15 is 0 Å². The molecule has 2 aromatic carbocycles. The van der Waals surface area contributed by atoms with Gasteiger partial charge in [0.1, 0.15) is 12.3 Å². The van der Waals surface area contributed by atoms with E-state index in [-0.39, 0.29) is 12.4 Å². The number of ether oxygens (including phenoxy) is 2. The van der Waals surface area contributed by atoms with Gasteiger partial charge in [0.15, 0.2) is 11.5 Å². The molecule has 0 radical (unpaired) electrons. The molecule has 5 nitrogen and oxygen atoms in total. The number of rotatable bonds is 6. The number of hydrogen-bond acceptors (Lipinski definition) is 5. The van der Waals surface area contributed by atoms with Crippen LogP contribution in [0.2, 0.25) is 0 Å². The van der Waals surface area contributed by atoms with Crippen LogP contribution in [0.1, 0.15) is 22.8 Å². The Balaban J connectivity index is 1.54. The van der Waals surface area contributed by atoms with Crippen molar-refractivity contribution >= 4 is 6.21 Å². The largest absolute Gasteiger partial charge is 0.504 e. The number of halogens is 3. The molecule has 2 N–H and O–H groups in total. The average Bonchev–Trinajstić information content (AvgIpc) is 3.39. The first-order valence-corrected chi connectivity index (χ1v) is 7.82. The van der Waals surface area contributed by atoms with Crippen molar-refractivity contribution in [2.24, 2.45) is 4.99 Å². The number of phenols is 1. The van der Waals surface area contributed by atoms with Crippen LogP contribution in [0.3, 0.4) is 0 Å². The number of aliphatic imine (C=N–C) groups is 1. The van der Waals surface area contributed by atoms with Gasteiger partial charge in [0.05, 0.1) is 19.3 Å². The van der Waals surface area contributed by atoms with Crippen LogP contribution in [-0.2, 0) is 10.9 Å². The number of benzene rings is 2. The fourth-order valence-corrected chi connectivity index (χ4v) is 2.51. The van der Waals surface area contributed by atoms with Crippen LogP contribution in [-0.4, -0.2) is 31.3 Å². The number of nitrogens with one attached hydrogen (secondary N) is 1. The molecule has 1 aliphatic rings. The lowest BCUT2D eigenvalue weighted by atomic mass is 10.1. The minimum absolute atomic E-state index is 0.0109.